The SMILES string of the molecule is CC(C)(C)NC(=O)Nc1cc(Cl)cc(Cl)c1. The number of nitrogens with one attached hydrogen (secondary N) is 2. The standard InChI is InChI=1S/C11H14Cl2N2O/c1-11(2,3)15-10(16)14-9-5-7(12)4-8(13)6-9/h4-6H,1-3H3,(H2,14,15,16). The van der Waals surface area contributed by atoms with Crippen LogP contribution in [0.25, 0.3) is 0 Å². The molecule has 1 aromatic carbocycles. The fourth-order valence-electron chi connectivity index (χ4n) is 1.13. The number of urea groups is 1. The quantitative estimate of drug-likeness (QED) is 0.790. The van der Waals surface area contributed by atoms with Gasteiger partial charge in [0.15, 0.2) is 0 Å². The summed E-state index contributed by atoms with van der Waals surface area (Å²) in [5.74, 6) is 0. The van der Waals surface area contributed by atoms with E-state index in [2.05, 4.69) is 10.6 Å². The van der Waals surface area contributed by atoms with Crippen LogP contribution >= 0.6 is 23.2 Å². The van der Waals surface area contributed by atoms with Gasteiger partial charge in [-0.25, -0.2) is 4.79 Å². The first-order valence-electron chi connectivity index (χ1n) is 4.81. The van der Waals surface area contributed by atoms with Crippen molar-refractivity contribution in [1.29, 1.82) is 0 Å². The Morgan fingerprint density at radius 3 is 2.06 bits per heavy atom. The summed E-state index contributed by atoms with van der Waals surface area (Å²) in [5, 5.41) is 6.40. The molecule has 3 nitrogen and oxygen atoms in total. The lowest BCUT2D eigenvalue weighted by atomic mass is 10.1. The van der Waals surface area contributed by atoms with Gasteiger partial charge in [-0.2, -0.15) is 0 Å². The Balaban J connectivity index is 2.70. The molecule has 88 valence electrons. The summed E-state index contributed by atoms with van der Waals surface area (Å²) < 4.78 is 0. The van der Waals surface area contributed by atoms with Crippen molar-refractivity contribution >= 4 is 34.9 Å². The van der Waals surface area contributed by atoms with E-state index in [9.17, 15) is 4.79 Å². The van der Waals surface area contributed by atoms with E-state index in [-0.39, 0.29) is 11.6 Å². The van der Waals surface area contributed by atoms with E-state index in [1.54, 1.807) is 18.2 Å². The summed E-state index contributed by atoms with van der Waals surface area (Å²) in [6, 6.07) is 4.59. The third-order valence-electron chi connectivity index (χ3n) is 1.61. The molecule has 0 aromatic heterocycles. The number of carbonyl (C=O) groups excluding carboxylic acids is 1. The van der Waals surface area contributed by atoms with Gasteiger partial charge in [-0.3, -0.25) is 0 Å². The lowest BCUT2D eigenvalue weighted by molar-refractivity contribution is 0.244. The average Bonchev–Trinajstić information content (AvgIpc) is 1.96. The molecule has 1 aromatic rings. The minimum atomic E-state index is -0.286. The summed E-state index contributed by atoms with van der Waals surface area (Å²) in [5.41, 5.74) is 0.283. The molecule has 0 spiro atoms. The van der Waals surface area contributed by atoms with Crippen LogP contribution in [-0.4, -0.2) is 11.6 Å². The molecule has 0 bridgehead atoms. The van der Waals surface area contributed by atoms with E-state index in [0.717, 1.165) is 0 Å². The van der Waals surface area contributed by atoms with Crippen molar-refractivity contribution in [2.75, 3.05) is 5.32 Å². The second kappa shape index (κ2) is 4.93. The summed E-state index contributed by atoms with van der Waals surface area (Å²) in [4.78, 5) is 11.5. The zero-order valence-electron chi connectivity index (χ0n) is 9.40. The van der Waals surface area contributed by atoms with E-state index in [0.29, 0.717) is 15.7 Å². The highest BCUT2D eigenvalue weighted by atomic mass is 35.5. The molecule has 2 amide bonds. The maximum absolute atomic E-state index is 11.5. The smallest absolute Gasteiger partial charge is 0.319 e. The van der Waals surface area contributed by atoms with Gasteiger partial charge in [-0.15, -0.1) is 0 Å². The van der Waals surface area contributed by atoms with E-state index < -0.39 is 0 Å². The van der Waals surface area contributed by atoms with Gasteiger partial charge in [0.25, 0.3) is 0 Å². The molecule has 5 heteroatoms. The molecule has 0 saturated carbocycles. The number of halogens is 2. The Kier molecular flexibility index (Phi) is 4.05. The Labute approximate surface area is 105 Å². The van der Waals surface area contributed by atoms with Crippen LogP contribution in [0.5, 0.6) is 0 Å². The van der Waals surface area contributed by atoms with Crippen LogP contribution in [-0.2, 0) is 0 Å². The summed E-state index contributed by atoms with van der Waals surface area (Å²) in [7, 11) is 0. The van der Waals surface area contributed by atoms with Gasteiger partial charge in [0, 0.05) is 21.3 Å². The zero-order chi connectivity index (χ0) is 12.3. The first-order valence-corrected chi connectivity index (χ1v) is 5.57. The number of benzene rings is 1. The summed E-state index contributed by atoms with van der Waals surface area (Å²) >= 11 is 11.6. The highest BCUT2D eigenvalue weighted by Crippen LogP contribution is 2.22. The maximum Gasteiger partial charge on any atom is 0.319 e. The lowest BCUT2D eigenvalue weighted by Crippen LogP contribution is -2.43. The van der Waals surface area contributed by atoms with Crippen molar-refractivity contribution in [3.63, 3.8) is 0 Å². The highest BCUT2D eigenvalue weighted by molar-refractivity contribution is 6.35. The van der Waals surface area contributed by atoms with Gasteiger partial charge in [0.2, 0.25) is 0 Å². The molecular weight excluding hydrogens is 247 g/mol. The predicted molar refractivity (Wildman–Crippen MR) is 68.4 cm³/mol. The van der Waals surface area contributed by atoms with Crippen molar-refractivity contribution in [2.45, 2.75) is 26.3 Å². The molecule has 0 aliphatic carbocycles. The molecule has 1 rings (SSSR count). The Bertz CT molecular complexity index is 379. The van der Waals surface area contributed by atoms with Crippen LogP contribution in [0.1, 0.15) is 20.8 Å². The van der Waals surface area contributed by atoms with Gasteiger partial charge in [-0.05, 0) is 39.0 Å². The fourth-order valence-corrected chi connectivity index (χ4v) is 1.65. The van der Waals surface area contributed by atoms with Gasteiger partial charge >= 0.3 is 6.03 Å². The molecular formula is C11H14Cl2N2O. The summed E-state index contributed by atoms with van der Waals surface area (Å²) in [6.07, 6.45) is 0. The predicted octanol–water partition coefficient (Wildman–Crippen LogP) is 3.91. The van der Waals surface area contributed by atoms with Crippen molar-refractivity contribution in [3.05, 3.63) is 28.2 Å². The second-order valence-corrected chi connectivity index (χ2v) is 5.36. The molecule has 0 aliphatic heterocycles. The molecule has 0 radical (unpaired) electrons. The molecule has 0 unspecified atom stereocenters. The van der Waals surface area contributed by atoms with E-state index in [1.807, 2.05) is 20.8 Å². The minimum absolute atomic E-state index is 0.285. The topological polar surface area (TPSA) is 41.1 Å². The van der Waals surface area contributed by atoms with E-state index in [4.69, 9.17) is 23.2 Å². The van der Waals surface area contributed by atoms with Gasteiger partial charge in [0.05, 0.1) is 0 Å². The van der Waals surface area contributed by atoms with Crippen LogP contribution in [0.4, 0.5) is 10.5 Å². The third kappa shape index (κ3) is 4.73. The first kappa shape index (κ1) is 13.1. The monoisotopic (exact) mass is 260 g/mol. The minimum Gasteiger partial charge on any atom is -0.333 e. The van der Waals surface area contributed by atoms with Crippen molar-refractivity contribution in [3.8, 4) is 0 Å². The Hall–Kier alpha value is -0.930. The largest absolute Gasteiger partial charge is 0.333 e. The van der Waals surface area contributed by atoms with Crippen LogP contribution < -0.4 is 10.6 Å². The molecule has 0 atom stereocenters. The maximum atomic E-state index is 11.5. The first-order chi connectivity index (χ1) is 7.26. The van der Waals surface area contributed by atoms with Crippen molar-refractivity contribution in [1.82, 2.24) is 5.32 Å². The molecule has 0 heterocycles. The number of anilines is 1. The molecule has 0 fully saturated rings. The van der Waals surface area contributed by atoms with Crippen LogP contribution in [0.15, 0.2) is 18.2 Å². The van der Waals surface area contributed by atoms with Gasteiger partial charge < -0.3 is 10.6 Å². The van der Waals surface area contributed by atoms with E-state index >= 15 is 0 Å². The molecule has 0 aliphatic rings. The summed E-state index contributed by atoms with van der Waals surface area (Å²) in [6.45, 7) is 5.70. The average molecular weight is 261 g/mol. The zero-order valence-corrected chi connectivity index (χ0v) is 10.9. The third-order valence-corrected chi connectivity index (χ3v) is 2.05. The van der Waals surface area contributed by atoms with Crippen LogP contribution in [0.3, 0.4) is 0 Å². The fraction of sp³-hybridized carbons (Fsp3) is 0.364. The van der Waals surface area contributed by atoms with Gasteiger partial charge in [0.1, 0.15) is 0 Å². The van der Waals surface area contributed by atoms with Crippen LogP contribution in [0.2, 0.25) is 10.0 Å². The molecule has 16 heavy (non-hydrogen) atoms. The van der Waals surface area contributed by atoms with Gasteiger partial charge in [-0.1, -0.05) is 23.2 Å². The number of carbonyl (C=O) groups is 1. The number of hydrogen-bond donors (Lipinski definition) is 2. The highest BCUT2D eigenvalue weighted by Gasteiger charge is 2.13. The Morgan fingerprint density at radius 1 is 1.12 bits per heavy atom. The Morgan fingerprint density at radius 2 is 1.62 bits per heavy atom. The number of hydrogen-bond acceptors (Lipinski definition) is 1. The molecule has 0 saturated heterocycles. The second-order valence-electron chi connectivity index (χ2n) is 4.49. The van der Waals surface area contributed by atoms with Crippen LogP contribution in [0, 0.1) is 0 Å². The number of rotatable bonds is 1. The number of amides is 2. The normalized spacial score (nSPS) is 11.1. The molecule has 2 N–H and O–H groups in total. The van der Waals surface area contributed by atoms with Crippen molar-refractivity contribution < 1.29 is 4.79 Å². The van der Waals surface area contributed by atoms with E-state index in [1.165, 1.54) is 0 Å². The van der Waals surface area contributed by atoms with Crippen molar-refractivity contribution in [2.24, 2.45) is 0 Å². The lowest BCUT2D eigenvalue weighted by Gasteiger charge is -2.20.